The molecule has 1 aliphatic rings. The fraction of sp³-hybridized carbons (Fsp3) is 0.269. The third-order valence-electron chi connectivity index (χ3n) is 6.30. The number of hydrogen-bond acceptors (Lipinski definition) is 8. The van der Waals surface area contributed by atoms with Crippen molar-refractivity contribution in [1.82, 2.24) is 9.55 Å². The quantitative estimate of drug-likeness (QED) is 0.345. The third-order valence-corrected chi connectivity index (χ3v) is 8.69. The van der Waals surface area contributed by atoms with Crippen LogP contribution in [0.15, 0.2) is 41.5 Å². The number of amides is 2. The Balaban J connectivity index is 1.35. The number of primary amides is 1. The van der Waals surface area contributed by atoms with Gasteiger partial charge in [-0.3, -0.25) is 19.0 Å². The SMILES string of the molecule is Cc1c(C(=O)OCc2ccccc2)sc2ncn(CC(=O)Nc3sc4c(c3C(N)=O)CCCC4)c(=O)c12. The van der Waals surface area contributed by atoms with E-state index in [1.165, 1.54) is 22.2 Å². The average Bonchev–Trinajstić information content (AvgIpc) is 3.42. The molecule has 2 amide bonds. The van der Waals surface area contributed by atoms with Crippen LogP contribution in [0.3, 0.4) is 0 Å². The van der Waals surface area contributed by atoms with Gasteiger partial charge in [-0.25, -0.2) is 9.78 Å². The van der Waals surface area contributed by atoms with Gasteiger partial charge < -0.3 is 15.8 Å². The van der Waals surface area contributed by atoms with Crippen molar-refractivity contribution in [2.24, 2.45) is 5.73 Å². The first-order valence-corrected chi connectivity index (χ1v) is 13.4. The Morgan fingerprint density at radius 3 is 2.65 bits per heavy atom. The van der Waals surface area contributed by atoms with Gasteiger partial charge in [0.05, 0.1) is 17.3 Å². The van der Waals surface area contributed by atoms with Gasteiger partial charge in [0.15, 0.2) is 0 Å². The van der Waals surface area contributed by atoms with Crippen molar-refractivity contribution in [2.75, 3.05) is 5.32 Å². The molecule has 3 N–H and O–H groups in total. The van der Waals surface area contributed by atoms with Crippen molar-refractivity contribution in [2.45, 2.75) is 45.8 Å². The highest BCUT2D eigenvalue weighted by molar-refractivity contribution is 7.20. The molecule has 0 unspecified atom stereocenters. The number of thiophene rings is 2. The van der Waals surface area contributed by atoms with E-state index in [0.29, 0.717) is 25.8 Å². The number of nitrogens with zero attached hydrogens (tertiary/aromatic N) is 2. The molecule has 3 heterocycles. The molecule has 190 valence electrons. The summed E-state index contributed by atoms with van der Waals surface area (Å²) in [6.07, 6.45) is 4.90. The second kappa shape index (κ2) is 10.3. The Labute approximate surface area is 219 Å². The van der Waals surface area contributed by atoms with Crippen LogP contribution in [0.2, 0.25) is 0 Å². The van der Waals surface area contributed by atoms with Gasteiger partial charge in [-0.1, -0.05) is 30.3 Å². The summed E-state index contributed by atoms with van der Waals surface area (Å²) in [5, 5.41) is 3.46. The van der Waals surface area contributed by atoms with E-state index in [1.54, 1.807) is 6.92 Å². The maximum Gasteiger partial charge on any atom is 0.349 e. The van der Waals surface area contributed by atoms with E-state index >= 15 is 0 Å². The lowest BCUT2D eigenvalue weighted by atomic mass is 9.95. The van der Waals surface area contributed by atoms with Gasteiger partial charge in [0.1, 0.15) is 27.9 Å². The Morgan fingerprint density at radius 1 is 1.14 bits per heavy atom. The molecule has 37 heavy (non-hydrogen) atoms. The van der Waals surface area contributed by atoms with Gasteiger partial charge in [0.25, 0.3) is 11.5 Å². The number of anilines is 1. The number of benzene rings is 1. The number of esters is 1. The van der Waals surface area contributed by atoms with E-state index < -0.39 is 23.3 Å². The summed E-state index contributed by atoms with van der Waals surface area (Å²) >= 11 is 2.45. The topological polar surface area (TPSA) is 133 Å². The molecule has 11 heteroatoms. The molecule has 0 saturated carbocycles. The Morgan fingerprint density at radius 2 is 1.89 bits per heavy atom. The lowest BCUT2D eigenvalue weighted by Gasteiger charge is -2.11. The maximum atomic E-state index is 13.2. The Bertz CT molecular complexity index is 1590. The van der Waals surface area contributed by atoms with E-state index in [0.717, 1.165) is 53.0 Å². The number of carbonyl (C=O) groups excluding carboxylic acids is 3. The lowest BCUT2D eigenvalue weighted by Crippen LogP contribution is -2.28. The average molecular weight is 537 g/mol. The molecule has 0 saturated heterocycles. The van der Waals surface area contributed by atoms with Crippen molar-refractivity contribution in [1.29, 1.82) is 0 Å². The minimum atomic E-state index is -0.574. The fourth-order valence-electron chi connectivity index (χ4n) is 4.49. The van der Waals surface area contributed by atoms with Crippen LogP contribution in [0.25, 0.3) is 10.2 Å². The van der Waals surface area contributed by atoms with Gasteiger partial charge in [-0.2, -0.15) is 0 Å². The number of fused-ring (bicyclic) bond motifs is 2. The largest absolute Gasteiger partial charge is 0.457 e. The summed E-state index contributed by atoms with van der Waals surface area (Å²) in [5.74, 6) is -1.58. The normalized spacial score (nSPS) is 12.8. The van der Waals surface area contributed by atoms with Crippen LogP contribution in [-0.4, -0.2) is 27.3 Å². The van der Waals surface area contributed by atoms with Crippen LogP contribution in [0, 0.1) is 6.92 Å². The summed E-state index contributed by atoms with van der Waals surface area (Å²) in [7, 11) is 0. The standard InChI is InChI=1S/C26H24N4O5S2/c1-14-19-23(37-21(14)26(34)35-12-15-7-3-2-4-8-15)28-13-30(25(19)33)11-18(31)29-24-20(22(27)32)16-9-5-6-10-17(16)36-24/h2-4,7-8,13H,5-6,9-12H2,1H3,(H2,27,32)(H,29,31). The van der Waals surface area contributed by atoms with E-state index in [2.05, 4.69) is 10.3 Å². The number of nitrogens with two attached hydrogens (primary N) is 1. The molecule has 3 aromatic heterocycles. The number of hydrogen-bond donors (Lipinski definition) is 2. The highest BCUT2D eigenvalue weighted by atomic mass is 32.1. The molecule has 0 atom stereocenters. The number of nitrogens with one attached hydrogen (secondary N) is 1. The molecular formula is C26H24N4O5S2. The molecule has 0 fully saturated rings. The fourth-order valence-corrected chi connectivity index (χ4v) is 6.83. The van der Waals surface area contributed by atoms with Gasteiger partial charge in [0, 0.05) is 4.88 Å². The summed E-state index contributed by atoms with van der Waals surface area (Å²) in [6.45, 7) is 1.48. The smallest absolute Gasteiger partial charge is 0.349 e. The first-order valence-electron chi connectivity index (χ1n) is 11.8. The molecule has 0 bridgehead atoms. The minimum Gasteiger partial charge on any atom is -0.457 e. The molecule has 9 nitrogen and oxygen atoms in total. The predicted molar refractivity (Wildman–Crippen MR) is 142 cm³/mol. The second-order valence-corrected chi connectivity index (χ2v) is 10.9. The predicted octanol–water partition coefficient (Wildman–Crippen LogP) is 3.80. The first-order chi connectivity index (χ1) is 17.8. The van der Waals surface area contributed by atoms with Gasteiger partial charge in [-0.05, 0) is 49.3 Å². The summed E-state index contributed by atoms with van der Waals surface area (Å²) in [5.41, 5.74) is 7.77. The van der Waals surface area contributed by atoms with Crippen LogP contribution in [0.5, 0.6) is 0 Å². The number of rotatable bonds is 7. The highest BCUT2D eigenvalue weighted by Gasteiger charge is 2.26. The number of carbonyl (C=O) groups is 3. The summed E-state index contributed by atoms with van der Waals surface area (Å²) in [6, 6.07) is 9.31. The van der Waals surface area contributed by atoms with Crippen LogP contribution in [-0.2, 0) is 35.5 Å². The van der Waals surface area contributed by atoms with E-state index in [9.17, 15) is 19.2 Å². The number of aromatic nitrogens is 2. The highest BCUT2D eigenvalue weighted by Crippen LogP contribution is 2.38. The van der Waals surface area contributed by atoms with Crippen molar-refractivity contribution in [3.05, 3.63) is 79.0 Å². The molecular weight excluding hydrogens is 512 g/mol. The number of ether oxygens (including phenoxy) is 1. The Hall–Kier alpha value is -3.83. The molecule has 1 aliphatic carbocycles. The molecule has 1 aromatic carbocycles. The summed E-state index contributed by atoms with van der Waals surface area (Å²) in [4.78, 5) is 56.9. The zero-order valence-corrected chi connectivity index (χ0v) is 21.7. The van der Waals surface area contributed by atoms with E-state index in [-0.39, 0.29) is 18.5 Å². The molecule has 4 aromatic rings. The van der Waals surface area contributed by atoms with Crippen molar-refractivity contribution in [3.8, 4) is 0 Å². The number of aryl methyl sites for hydroxylation is 2. The van der Waals surface area contributed by atoms with Gasteiger partial charge in [-0.15, -0.1) is 22.7 Å². The van der Waals surface area contributed by atoms with Crippen molar-refractivity contribution < 1.29 is 19.1 Å². The molecule has 0 aliphatic heterocycles. The van der Waals surface area contributed by atoms with Crippen molar-refractivity contribution in [3.63, 3.8) is 0 Å². The lowest BCUT2D eigenvalue weighted by molar-refractivity contribution is -0.116. The zero-order valence-electron chi connectivity index (χ0n) is 20.0. The summed E-state index contributed by atoms with van der Waals surface area (Å²) < 4.78 is 6.61. The van der Waals surface area contributed by atoms with Crippen LogP contribution >= 0.6 is 22.7 Å². The molecule has 5 rings (SSSR count). The van der Waals surface area contributed by atoms with Crippen LogP contribution in [0.4, 0.5) is 5.00 Å². The monoisotopic (exact) mass is 536 g/mol. The second-order valence-electron chi connectivity index (χ2n) is 8.80. The molecule has 0 radical (unpaired) electrons. The Kier molecular flexibility index (Phi) is 6.90. The van der Waals surface area contributed by atoms with Crippen LogP contribution < -0.4 is 16.6 Å². The first kappa shape index (κ1) is 24.8. The van der Waals surface area contributed by atoms with E-state index in [4.69, 9.17) is 10.5 Å². The van der Waals surface area contributed by atoms with Crippen molar-refractivity contribution >= 4 is 55.7 Å². The van der Waals surface area contributed by atoms with Crippen LogP contribution in [0.1, 0.15) is 54.4 Å². The third kappa shape index (κ3) is 4.92. The minimum absolute atomic E-state index is 0.116. The maximum absolute atomic E-state index is 13.2. The molecule has 0 spiro atoms. The van der Waals surface area contributed by atoms with Gasteiger partial charge >= 0.3 is 5.97 Å². The van der Waals surface area contributed by atoms with Gasteiger partial charge in [0.2, 0.25) is 5.91 Å². The van der Waals surface area contributed by atoms with E-state index in [1.807, 2.05) is 30.3 Å². The zero-order chi connectivity index (χ0) is 26.1.